The molecule has 0 heterocycles. The van der Waals surface area contributed by atoms with E-state index in [4.69, 9.17) is 4.74 Å². The van der Waals surface area contributed by atoms with Gasteiger partial charge in [0.15, 0.2) is 0 Å². The zero-order valence-electron chi connectivity index (χ0n) is 10.9. The molecule has 0 unspecified atom stereocenters. The van der Waals surface area contributed by atoms with Crippen LogP contribution in [0.4, 0.5) is 0 Å². The summed E-state index contributed by atoms with van der Waals surface area (Å²) >= 11 is 1.51. The van der Waals surface area contributed by atoms with Crippen molar-refractivity contribution in [2.24, 2.45) is 0 Å². The van der Waals surface area contributed by atoms with Gasteiger partial charge in [-0.15, -0.1) is 11.8 Å². The van der Waals surface area contributed by atoms with Crippen LogP contribution in [0.5, 0.6) is 5.75 Å². The quantitative estimate of drug-likeness (QED) is 0.608. The summed E-state index contributed by atoms with van der Waals surface area (Å²) in [5, 5.41) is 2.80. The number of carbonyl (C=O) groups excluding carboxylic acids is 1. The fourth-order valence-corrected chi connectivity index (χ4v) is 1.98. The molecule has 0 fully saturated rings. The van der Waals surface area contributed by atoms with Crippen LogP contribution in [0.25, 0.3) is 0 Å². The van der Waals surface area contributed by atoms with Crippen LogP contribution in [-0.2, 0) is 4.79 Å². The largest absolute Gasteiger partial charge is 0.494 e. The Bertz CT molecular complexity index is 401. The van der Waals surface area contributed by atoms with Gasteiger partial charge < -0.3 is 10.1 Å². The molecule has 0 aromatic heterocycles. The lowest BCUT2D eigenvalue weighted by Gasteiger charge is -2.06. The maximum atomic E-state index is 11.5. The van der Waals surface area contributed by atoms with Crippen LogP contribution < -0.4 is 10.1 Å². The Labute approximate surface area is 113 Å². The van der Waals surface area contributed by atoms with Crippen molar-refractivity contribution in [3.63, 3.8) is 0 Å². The molecule has 1 amide bonds. The molecule has 3 nitrogen and oxygen atoms in total. The summed E-state index contributed by atoms with van der Waals surface area (Å²) in [4.78, 5) is 12.6. The van der Waals surface area contributed by atoms with Gasteiger partial charge in [-0.25, -0.2) is 0 Å². The first-order valence-corrected chi connectivity index (χ1v) is 6.87. The lowest BCUT2D eigenvalue weighted by atomic mass is 10.3. The van der Waals surface area contributed by atoms with Gasteiger partial charge in [-0.05, 0) is 38.1 Å². The van der Waals surface area contributed by atoms with Crippen molar-refractivity contribution in [2.75, 3.05) is 18.9 Å². The maximum Gasteiger partial charge on any atom is 0.230 e. The topological polar surface area (TPSA) is 38.3 Å². The Morgan fingerprint density at radius 2 is 2.06 bits per heavy atom. The number of hydrogen-bond donors (Lipinski definition) is 1. The van der Waals surface area contributed by atoms with Gasteiger partial charge in [0.1, 0.15) is 5.75 Å². The average Bonchev–Trinajstić information content (AvgIpc) is 2.36. The number of amides is 1. The van der Waals surface area contributed by atoms with Gasteiger partial charge in [-0.1, -0.05) is 12.2 Å². The van der Waals surface area contributed by atoms with Crippen molar-refractivity contribution in [1.82, 2.24) is 5.32 Å². The summed E-state index contributed by atoms with van der Waals surface area (Å²) in [6.45, 7) is 8.79. The summed E-state index contributed by atoms with van der Waals surface area (Å²) in [5.41, 5.74) is 0.953. The molecule has 1 aromatic carbocycles. The summed E-state index contributed by atoms with van der Waals surface area (Å²) in [6, 6.07) is 7.75. The lowest BCUT2D eigenvalue weighted by Crippen LogP contribution is -2.26. The highest BCUT2D eigenvalue weighted by Crippen LogP contribution is 2.21. The molecule has 0 spiro atoms. The molecule has 0 radical (unpaired) electrons. The maximum absolute atomic E-state index is 11.5. The third kappa shape index (κ3) is 5.77. The molecule has 0 aliphatic rings. The zero-order chi connectivity index (χ0) is 13.4. The minimum atomic E-state index is 0.0249. The number of benzene rings is 1. The Hall–Kier alpha value is -1.42. The second kappa shape index (κ2) is 7.82. The van der Waals surface area contributed by atoms with Crippen LogP contribution in [0.3, 0.4) is 0 Å². The first-order valence-electron chi connectivity index (χ1n) is 5.88. The van der Waals surface area contributed by atoms with Gasteiger partial charge in [0.25, 0.3) is 0 Å². The van der Waals surface area contributed by atoms with E-state index < -0.39 is 0 Å². The normalized spacial score (nSPS) is 9.89. The van der Waals surface area contributed by atoms with Crippen LogP contribution in [0.1, 0.15) is 13.8 Å². The van der Waals surface area contributed by atoms with Crippen molar-refractivity contribution in [3.05, 3.63) is 36.4 Å². The summed E-state index contributed by atoms with van der Waals surface area (Å²) in [5.74, 6) is 1.30. The number of rotatable bonds is 7. The van der Waals surface area contributed by atoms with Crippen LogP contribution in [0.15, 0.2) is 41.3 Å². The first kappa shape index (κ1) is 14.6. The van der Waals surface area contributed by atoms with Gasteiger partial charge in [-0.2, -0.15) is 0 Å². The molecule has 0 aliphatic carbocycles. The fraction of sp³-hybridized carbons (Fsp3) is 0.357. The van der Waals surface area contributed by atoms with E-state index in [0.29, 0.717) is 18.9 Å². The van der Waals surface area contributed by atoms with E-state index in [9.17, 15) is 4.79 Å². The van der Waals surface area contributed by atoms with Gasteiger partial charge in [0.2, 0.25) is 5.91 Å². The molecule has 0 aliphatic heterocycles. The molecule has 0 saturated heterocycles. The van der Waals surface area contributed by atoms with Crippen LogP contribution in [-0.4, -0.2) is 24.8 Å². The molecule has 0 saturated carbocycles. The van der Waals surface area contributed by atoms with Gasteiger partial charge in [0.05, 0.1) is 12.4 Å². The molecule has 18 heavy (non-hydrogen) atoms. The van der Waals surface area contributed by atoms with Crippen LogP contribution in [0.2, 0.25) is 0 Å². The molecule has 1 rings (SSSR count). The van der Waals surface area contributed by atoms with E-state index in [2.05, 4.69) is 11.9 Å². The van der Waals surface area contributed by atoms with Crippen molar-refractivity contribution in [2.45, 2.75) is 18.7 Å². The van der Waals surface area contributed by atoms with Gasteiger partial charge >= 0.3 is 0 Å². The van der Waals surface area contributed by atoms with Crippen molar-refractivity contribution in [3.8, 4) is 5.75 Å². The number of hydrogen-bond acceptors (Lipinski definition) is 3. The highest BCUT2D eigenvalue weighted by Gasteiger charge is 2.02. The van der Waals surface area contributed by atoms with E-state index in [1.807, 2.05) is 38.1 Å². The van der Waals surface area contributed by atoms with Crippen LogP contribution >= 0.6 is 11.8 Å². The Balaban J connectivity index is 2.34. The zero-order valence-corrected chi connectivity index (χ0v) is 11.7. The SMILES string of the molecule is C=C(C)CNC(=O)CSc1ccc(OCC)cc1. The minimum absolute atomic E-state index is 0.0249. The highest BCUT2D eigenvalue weighted by molar-refractivity contribution is 8.00. The molecule has 1 aromatic rings. The average molecular weight is 265 g/mol. The predicted octanol–water partition coefficient (Wildman–Crippen LogP) is 2.87. The molecule has 0 atom stereocenters. The van der Waals surface area contributed by atoms with Crippen LogP contribution in [0, 0.1) is 0 Å². The summed E-state index contributed by atoms with van der Waals surface area (Å²) in [7, 11) is 0. The number of nitrogens with one attached hydrogen (secondary N) is 1. The standard InChI is InChI=1S/C14H19NO2S/c1-4-17-12-5-7-13(8-6-12)18-10-14(16)15-9-11(2)3/h5-8H,2,4,9-10H2,1,3H3,(H,15,16). The first-order chi connectivity index (χ1) is 8.61. The second-order valence-electron chi connectivity index (χ2n) is 3.93. The molecule has 1 N–H and O–H groups in total. The minimum Gasteiger partial charge on any atom is -0.494 e. The van der Waals surface area contributed by atoms with E-state index in [1.54, 1.807) is 0 Å². The molecular formula is C14H19NO2S. The molecule has 98 valence electrons. The molecule has 0 bridgehead atoms. The summed E-state index contributed by atoms with van der Waals surface area (Å²) in [6.07, 6.45) is 0. The van der Waals surface area contributed by atoms with Crippen molar-refractivity contribution < 1.29 is 9.53 Å². The number of ether oxygens (including phenoxy) is 1. The van der Waals surface area contributed by atoms with E-state index in [0.717, 1.165) is 16.2 Å². The number of thioether (sulfide) groups is 1. The van der Waals surface area contributed by atoms with Gasteiger partial charge in [0, 0.05) is 11.4 Å². The van der Waals surface area contributed by atoms with E-state index >= 15 is 0 Å². The number of carbonyl (C=O) groups is 1. The third-order valence-electron chi connectivity index (χ3n) is 2.09. The fourth-order valence-electron chi connectivity index (χ4n) is 1.25. The Morgan fingerprint density at radius 1 is 1.39 bits per heavy atom. The Morgan fingerprint density at radius 3 is 2.61 bits per heavy atom. The lowest BCUT2D eigenvalue weighted by molar-refractivity contribution is -0.118. The van der Waals surface area contributed by atoms with Crippen molar-refractivity contribution >= 4 is 17.7 Å². The monoisotopic (exact) mass is 265 g/mol. The molecule has 4 heteroatoms. The third-order valence-corrected chi connectivity index (χ3v) is 3.10. The predicted molar refractivity (Wildman–Crippen MR) is 76.2 cm³/mol. The smallest absolute Gasteiger partial charge is 0.230 e. The highest BCUT2D eigenvalue weighted by atomic mass is 32.2. The Kier molecular flexibility index (Phi) is 6.36. The van der Waals surface area contributed by atoms with E-state index in [1.165, 1.54) is 11.8 Å². The second-order valence-corrected chi connectivity index (χ2v) is 4.98. The summed E-state index contributed by atoms with van der Waals surface area (Å²) < 4.78 is 5.35. The molecular weight excluding hydrogens is 246 g/mol. The van der Waals surface area contributed by atoms with E-state index in [-0.39, 0.29) is 5.91 Å². The van der Waals surface area contributed by atoms with Gasteiger partial charge in [-0.3, -0.25) is 4.79 Å². The van der Waals surface area contributed by atoms with Crippen molar-refractivity contribution in [1.29, 1.82) is 0 Å².